The number of phenols is 1. The third kappa shape index (κ3) is 4.89. The van der Waals surface area contributed by atoms with Crippen LogP contribution in [0.3, 0.4) is 0 Å². The molecule has 5 rings (SSSR count). The van der Waals surface area contributed by atoms with Crippen molar-refractivity contribution < 1.29 is 19.0 Å². The van der Waals surface area contributed by atoms with Gasteiger partial charge in [0, 0.05) is 23.7 Å². The van der Waals surface area contributed by atoms with E-state index in [1.807, 2.05) is 31.2 Å². The number of fused-ring (bicyclic) bond motifs is 1. The van der Waals surface area contributed by atoms with Crippen LogP contribution in [0.25, 0.3) is 11.1 Å². The van der Waals surface area contributed by atoms with E-state index in [-0.39, 0.29) is 5.75 Å². The van der Waals surface area contributed by atoms with Crippen LogP contribution in [0.15, 0.2) is 60.8 Å². The molecular weight excluding hydrogens is 443 g/mol. The monoisotopic (exact) mass is 474 g/mol. The molecule has 2 aliphatic heterocycles. The van der Waals surface area contributed by atoms with Gasteiger partial charge in [-0.05, 0) is 86.3 Å². The van der Waals surface area contributed by atoms with Crippen molar-refractivity contribution in [2.75, 3.05) is 19.7 Å². The number of likely N-dealkylation sites (tertiary alicyclic amines) is 1. The first-order valence-electron chi connectivity index (χ1n) is 12.2. The molecule has 0 spiro atoms. The Morgan fingerprint density at radius 1 is 1.17 bits per heavy atom. The molecule has 3 atom stereocenters. The number of hydrogen-bond donors (Lipinski definition) is 1. The molecule has 3 heterocycles. The average molecular weight is 475 g/mol. The minimum absolute atomic E-state index is 0.163. The molecule has 35 heavy (non-hydrogen) atoms. The van der Waals surface area contributed by atoms with Gasteiger partial charge in [0.1, 0.15) is 29.7 Å². The molecule has 0 radical (unpaired) electrons. The third-order valence-electron chi connectivity index (χ3n) is 7.03. The van der Waals surface area contributed by atoms with Crippen LogP contribution in [0.5, 0.6) is 17.2 Å². The molecule has 1 N–H and O–H groups in total. The summed E-state index contributed by atoms with van der Waals surface area (Å²) in [5.74, 6) is 2.03. The van der Waals surface area contributed by atoms with Gasteiger partial charge in [-0.1, -0.05) is 19.1 Å². The fourth-order valence-electron chi connectivity index (χ4n) is 4.97. The summed E-state index contributed by atoms with van der Waals surface area (Å²) in [6, 6.07) is 16.4. The van der Waals surface area contributed by atoms with Crippen LogP contribution >= 0.6 is 0 Å². The fourth-order valence-corrected chi connectivity index (χ4v) is 4.97. The summed E-state index contributed by atoms with van der Waals surface area (Å²) in [7, 11) is 0. The number of phenolic OH excluding ortho intramolecular Hbond substituents is 1. The van der Waals surface area contributed by atoms with E-state index >= 15 is 0 Å². The average Bonchev–Trinajstić information content (AvgIpc) is 3.30. The number of pyridine rings is 1. The molecule has 0 saturated carbocycles. The second-order valence-corrected chi connectivity index (χ2v) is 9.70. The quantitative estimate of drug-likeness (QED) is 0.468. The Morgan fingerprint density at radius 2 is 1.97 bits per heavy atom. The smallest absolute Gasteiger partial charge is 0.151 e. The van der Waals surface area contributed by atoms with Gasteiger partial charge in [0.15, 0.2) is 6.10 Å². The predicted octanol–water partition coefficient (Wildman–Crippen LogP) is 6.10. The summed E-state index contributed by atoms with van der Waals surface area (Å²) in [6.07, 6.45) is 2.04. The molecule has 1 saturated heterocycles. The second-order valence-electron chi connectivity index (χ2n) is 9.70. The van der Waals surface area contributed by atoms with Gasteiger partial charge < -0.3 is 14.6 Å². The number of halogens is 1. The van der Waals surface area contributed by atoms with Crippen LogP contribution < -0.4 is 9.47 Å². The van der Waals surface area contributed by atoms with Crippen molar-refractivity contribution in [3.8, 4) is 17.2 Å². The molecule has 3 aromatic rings. The zero-order valence-corrected chi connectivity index (χ0v) is 20.4. The van der Waals surface area contributed by atoms with Crippen molar-refractivity contribution in [2.45, 2.75) is 39.3 Å². The highest BCUT2D eigenvalue weighted by Crippen LogP contribution is 2.47. The minimum Gasteiger partial charge on any atom is -0.508 e. The van der Waals surface area contributed by atoms with Gasteiger partial charge in [0.2, 0.25) is 0 Å². The van der Waals surface area contributed by atoms with Crippen LogP contribution in [0.4, 0.5) is 4.39 Å². The Hall–Kier alpha value is -3.38. The van der Waals surface area contributed by atoms with E-state index in [9.17, 15) is 9.50 Å². The Bertz CT molecular complexity index is 1220. The Kier molecular flexibility index (Phi) is 6.48. The summed E-state index contributed by atoms with van der Waals surface area (Å²) in [5, 5.41) is 10.0. The molecule has 1 aromatic heterocycles. The number of nitrogens with zero attached hydrogens (tertiary/aromatic N) is 2. The SMILES string of the molecule is CC1=C(c2ccc(F)cn2)C(c2ccc(OC[C@H](C)N3CC[C@@H](C)C3)cc2)Oc2ccc(O)cc21. The Morgan fingerprint density at radius 3 is 2.66 bits per heavy atom. The highest BCUT2D eigenvalue weighted by atomic mass is 19.1. The molecule has 2 aliphatic rings. The van der Waals surface area contributed by atoms with E-state index in [4.69, 9.17) is 9.47 Å². The first kappa shape index (κ1) is 23.4. The first-order chi connectivity index (χ1) is 16.9. The molecule has 5 nitrogen and oxygen atoms in total. The number of rotatable bonds is 6. The maximum atomic E-state index is 13.6. The maximum Gasteiger partial charge on any atom is 0.151 e. The van der Waals surface area contributed by atoms with Crippen molar-refractivity contribution in [1.29, 1.82) is 0 Å². The summed E-state index contributed by atoms with van der Waals surface area (Å²) in [6.45, 7) is 9.40. The molecule has 2 aromatic carbocycles. The van der Waals surface area contributed by atoms with Crippen LogP contribution in [0, 0.1) is 11.7 Å². The largest absolute Gasteiger partial charge is 0.508 e. The molecular formula is C29H31FN2O3. The Balaban J connectivity index is 1.40. The first-order valence-corrected chi connectivity index (χ1v) is 12.2. The summed E-state index contributed by atoms with van der Waals surface area (Å²) >= 11 is 0. The van der Waals surface area contributed by atoms with Gasteiger partial charge in [-0.15, -0.1) is 0 Å². The van der Waals surface area contributed by atoms with Gasteiger partial charge in [-0.25, -0.2) is 4.39 Å². The molecule has 0 aliphatic carbocycles. The third-order valence-corrected chi connectivity index (χ3v) is 7.03. The summed E-state index contributed by atoms with van der Waals surface area (Å²) in [5.41, 5.74) is 4.15. The zero-order valence-electron chi connectivity index (χ0n) is 20.4. The van der Waals surface area contributed by atoms with Crippen molar-refractivity contribution in [3.63, 3.8) is 0 Å². The molecule has 1 fully saturated rings. The van der Waals surface area contributed by atoms with Crippen molar-refractivity contribution in [1.82, 2.24) is 9.88 Å². The number of allylic oxidation sites excluding steroid dienone is 1. The fraction of sp³-hybridized carbons (Fsp3) is 0.345. The number of aromatic hydroxyl groups is 1. The van der Waals surface area contributed by atoms with Crippen molar-refractivity contribution in [2.24, 2.45) is 5.92 Å². The van der Waals surface area contributed by atoms with Gasteiger partial charge in [0.25, 0.3) is 0 Å². The van der Waals surface area contributed by atoms with Crippen LogP contribution in [-0.2, 0) is 0 Å². The summed E-state index contributed by atoms with van der Waals surface area (Å²) in [4.78, 5) is 6.81. The summed E-state index contributed by atoms with van der Waals surface area (Å²) < 4.78 is 26.1. The highest BCUT2D eigenvalue weighted by Gasteiger charge is 2.30. The van der Waals surface area contributed by atoms with Crippen LogP contribution in [0.2, 0.25) is 0 Å². The van der Waals surface area contributed by atoms with Gasteiger partial charge in [-0.2, -0.15) is 0 Å². The molecule has 0 amide bonds. The lowest BCUT2D eigenvalue weighted by Gasteiger charge is -2.30. The molecule has 1 unspecified atom stereocenters. The topological polar surface area (TPSA) is 54.8 Å². The lowest BCUT2D eigenvalue weighted by molar-refractivity contribution is 0.169. The highest BCUT2D eigenvalue weighted by molar-refractivity contribution is 5.94. The second kappa shape index (κ2) is 9.70. The van der Waals surface area contributed by atoms with Crippen molar-refractivity contribution >= 4 is 11.1 Å². The van der Waals surface area contributed by atoms with Crippen LogP contribution in [0.1, 0.15) is 50.1 Å². The molecule has 182 valence electrons. The lowest BCUT2D eigenvalue weighted by atomic mass is 9.88. The number of benzene rings is 2. The van der Waals surface area contributed by atoms with Gasteiger partial charge >= 0.3 is 0 Å². The number of hydrogen-bond acceptors (Lipinski definition) is 5. The Labute approximate surface area is 205 Å². The van der Waals surface area contributed by atoms with E-state index in [2.05, 4.69) is 23.7 Å². The van der Waals surface area contributed by atoms with E-state index in [0.29, 0.717) is 24.1 Å². The van der Waals surface area contributed by atoms with E-state index in [1.54, 1.807) is 24.3 Å². The number of aromatic nitrogens is 1. The van der Waals surface area contributed by atoms with Gasteiger partial charge in [-0.3, -0.25) is 9.88 Å². The van der Waals surface area contributed by atoms with Crippen LogP contribution in [-0.4, -0.2) is 40.7 Å². The van der Waals surface area contributed by atoms with E-state index in [0.717, 1.165) is 47.0 Å². The normalized spacial score (nSPS) is 20.9. The predicted molar refractivity (Wildman–Crippen MR) is 135 cm³/mol. The van der Waals surface area contributed by atoms with E-state index < -0.39 is 11.9 Å². The maximum absolute atomic E-state index is 13.6. The standard InChI is InChI=1S/C29H31FN2O3/c1-18-12-13-32(16-18)19(2)17-34-24-8-4-21(5-9-24)29-28(26-10-6-22(30)15-31-26)20(3)25-14-23(33)7-11-27(25)35-29/h4-11,14-15,18-19,29,33H,12-13,16-17H2,1-3H3/t18-,19+,29?/m1/s1. The van der Waals surface area contributed by atoms with Crippen molar-refractivity contribution in [3.05, 3.63) is 83.4 Å². The lowest BCUT2D eigenvalue weighted by Crippen LogP contribution is -2.35. The molecule has 0 bridgehead atoms. The van der Waals surface area contributed by atoms with Gasteiger partial charge in [0.05, 0.1) is 11.9 Å². The zero-order chi connectivity index (χ0) is 24.5. The van der Waals surface area contributed by atoms with E-state index in [1.165, 1.54) is 18.7 Å². The number of ether oxygens (including phenoxy) is 2. The molecule has 6 heteroatoms. The minimum atomic E-state index is -0.427.